The first-order chi connectivity index (χ1) is 17.5. The minimum atomic E-state index is -0.385. The van der Waals surface area contributed by atoms with Crippen molar-refractivity contribution in [2.75, 3.05) is 24.2 Å². The number of thiazole rings is 1. The van der Waals surface area contributed by atoms with Gasteiger partial charge in [0.1, 0.15) is 16.2 Å². The number of fused-ring (bicyclic) bond motifs is 1. The van der Waals surface area contributed by atoms with Crippen LogP contribution in [0.4, 0.5) is 6.01 Å². The second-order valence-corrected chi connectivity index (χ2v) is 10.5. The van der Waals surface area contributed by atoms with Gasteiger partial charge < -0.3 is 9.32 Å². The third-order valence-corrected chi connectivity index (χ3v) is 8.04. The molecule has 4 heterocycles. The molecule has 36 heavy (non-hydrogen) atoms. The molecule has 4 aromatic rings. The van der Waals surface area contributed by atoms with Crippen LogP contribution in [0.5, 0.6) is 0 Å². The van der Waals surface area contributed by atoms with Crippen molar-refractivity contribution in [1.82, 2.24) is 19.9 Å². The van der Waals surface area contributed by atoms with Gasteiger partial charge in [0.2, 0.25) is 0 Å². The summed E-state index contributed by atoms with van der Waals surface area (Å²) < 4.78 is 5.56. The van der Waals surface area contributed by atoms with Gasteiger partial charge in [-0.15, -0.1) is 29.7 Å². The fourth-order valence-electron chi connectivity index (χ4n) is 4.00. The molecule has 0 atom stereocenters. The van der Waals surface area contributed by atoms with Crippen LogP contribution >= 0.6 is 34.7 Å². The molecule has 1 aliphatic heterocycles. The number of anilines is 1. The van der Waals surface area contributed by atoms with E-state index < -0.39 is 0 Å². The number of pyridine rings is 1. The molecule has 5 rings (SSSR count). The maximum atomic E-state index is 13.1. The van der Waals surface area contributed by atoms with E-state index in [2.05, 4.69) is 26.8 Å². The van der Waals surface area contributed by atoms with Gasteiger partial charge in [0.25, 0.3) is 11.8 Å². The molecule has 11 heteroatoms. The zero-order chi connectivity index (χ0) is 25.1. The molecule has 184 valence electrons. The third-order valence-electron chi connectivity index (χ3n) is 5.80. The van der Waals surface area contributed by atoms with Crippen molar-refractivity contribution in [3.63, 3.8) is 0 Å². The number of piperidine rings is 1. The lowest BCUT2D eigenvalue weighted by Crippen LogP contribution is -2.38. The van der Waals surface area contributed by atoms with Gasteiger partial charge >= 0.3 is 6.01 Å². The van der Waals surface area contributed by atoms with Gasteiger partial charge in [0.15, 0.2) is 5.58 Å². The van der Waals surface area contributed by atoms with Crippen molar-refractivity contribution in [1.29, 1.82) is 0 Å². The molecule has 1 saturated heterocycles. The number of hydrogen-bond donors (Lipinski definition) is 1. The third kappa shape index (κ3) is 5.30. The Bertz CT molecular complexity index is 1430. The van der Waals surface area contributed by atoms with E-state index in [1.165, 1.54) is 23.1 Å². The lowest BCUT2D eigenvalue weighted by Gasteiger charge is -2.31. The second-order valence-electron chi connectivity index (χ2n) is 8.18. The molecule has 1 N–H and O–H groups in total. The number of nitrogens with one attached hydrogen (secondary N) is 1. The fraction of sp³-hybridized carbons (Fsp3) is 0.240. The highest BCUT2D eigenvalue weighted by Crippen LogP contribution is 2.32. The molecule has 3 aromatic heterocycles. The number of carbonyl (C=O) groups is 2. The van der Waals surface area contributed by atoms with E-state index in [1.807, 2.05) is 11.0 Å². The predicted molar refractivity (Wildman–Crippen MR) is 142 cm³/mol. The number of likely N-dealkylation sites (tertiary alicyclic amines) is 1. The highest BCUT2D eigenvalue weighted by atomic mass is 35.5. The summed E-state index contributed by atoms with van der Waals surface area (Å²) in [6.07, 6.45) is 5.05. The average Bonchev–Trinajstić information content (AvgIpc) is 3.54. The standard InChI is InChI=1S/C25H22ClN5O3S2/c1-2-12-35-23-17(4-3-9-27-23)24(33)31-10-7-15(8-11-31)22-28-19(14-36-22)21(32)30-25-29-18-13-16(26)5-6-20(18)34-25/h2-6,9,13-15H,1,7-8,10-12H2,(H,29,30,32). The van der Waals surface area contributed by atoms with Gasteiger partial charge in [-0.1, -0.05) is 17.7 Å². The highest BCUT2D eigenvalue weighted by Gasteiger charge is 2.28. The molecular weight excluding hydrogens is 518 g/mol. The molecule has 0 bridgehead atoms. The fourth-order valence-corrected chi connectivity index (χ4v) is 5.86. The Hall–Kier alpha value is -3.21. The number of aromatic nitrogens is 3. The molecule has 0 aliphatic carbocycles. The first kappa shape index (κ1) is 24.5. The number of nitrogens with zero attached hydrogens (tertiary/aromatic N) is 4. The molecule has 8 nitrogen and oxygen atoms in total. The van der Waals surface area contributed by atoms with Crippen LogP contribution in [-0.2, 0) is 0 Å². The number of benzene rings is 1. The molecule has 0 spiro atoms. The monoisotopic (exact) mass is 539 g/mol. The van der Waals surface area contributed by atoms with Crippen molar-refractivity contribution >= 4 is 63.6 Å². The van der Waals surface area contributed by atoms with Crippen LogP contribution in [0.25, 0.3) is 11.1 Å². The summed E-state index contributed by atoms with van der Waals surface area (Å²) in [7, 11) is 0. The maximum absolute atomic E-state index is 13.1. The number of carbonyl (C=O) groups excluding carboxylic acids is 2. The zero-order valence-electron chi connectivity index (χ0n) is 19.1. The largest absolute Gasteiger partial charge is 0.423 e. The SMILES string of the molecule is C=CCSc1ncccc1C(=O)N1CCC(c2nc(C(=O)Nc3nc4cc(Cl)ccc4o3)cs2)CC1. The normalized spacial score (nSPS) is 14.2. The van der Waals surface area contributed by atoms with Gasteiger partial charge in [-0.25, -0.2) is 9.97 Å². The summed E-state index contributed by atoms with van der Waals surface area (Å²) in [5.41, 5.74) is 2.04. The maximum Gasteiger partial charge on any atom is 0.302 e. The Morgan fingerprint density at radius 3 is 2.92 bits per heavy atom. The molecule has 0 unspecified atom stereocenters. The summed E-state index contributed by atoms with van der Waals surface area (Å²) in [6.45, 7) is 4.98. The van der Waals surface area contributed by atoms with E-state index in [9.17, 15) is 9.59 Å². The topological polar surface area (TPSA) is 101 Å². The summed E-state index contributed by atoms with van der Waals surface area (Å²) in [4.78, 5) is 40.9. The summed E-state index contributed by atoms with van der Waals surface area (Å²) in [5, 5.41) is 6.55. The number of oxazole rings is 1. The minimum absolute atomic E-state index is 0.00746. The molecule has 0 radical (unpaired) electrons. The van der Waals surface area contributed by atoms with Crippen LogP contribution < -0.4 is 5.32 Å². The van der Waals surface area contributed by atoms with Crippen molar-refractivity contribution in [3.05, 3.63) is 75.9 Å². The first-order valence-electron chi connectivity index (χ1n) is 11.3. The Kier molecular flexibility index (Phi) is 7.35. The van der Waals surface area contributed by atoms with Crippen LogP contribution in [0, 0.1) is 0 Å². The Labute approximate surface area is 220 Å². The average molecular weight is 540 g/mol. The van der Waals surface area contributed by atoms with E-state index in [4.69, 9.17) is 16.0 Å². The highest BCUT2D eigenvalue weighted by molar-refractivity contribution is 7.99. The molecule has 0 saturated carbocycles. The lowest BCUT2D eigenvalue weighted by atomic mass is 9.97. The van der Waals surface area contributed by atoms with Crippen molar-refractivity contribution in [3.8, 4) is 0 Å². The molecule has 1 fully saturated rings. The number of hydrogen-bond acceptors (Lipinski definition) is 8. The van der Waals surface area contributed by atoms with Crippen LogP contribution in [0.2, 0.25) is 5.02 Å². The van der Waals surface area contributed by atoms with E-state index in [1.54, 1.807) is 41.9 Å². The number of amides is 2. The Morgan fingerprint density at radius 2 is 2.11 bits per heavy atom. The minimum Gasteiger partial charge on any atom is -0.423 e. The molecule has 1 aromatic carbocycles. The van der Waals surface area contributed by atoms with E-state index in [0.717, 1.165) is 22.9 Å². The van der Waals surface area contributed by atoms with Gasteiger partial charge in [-0.3, -0.25) is 14.9 Å². The van der Waals surface area contributed by atoms with Gasteiger partial charge in [-0.2, -0.15) is 4.98 Å². The van der Waals surface area contributed by atoms with Crippen molar-refractivity contribution in [2.45, 2.75) is 23.8 Å². The zero-order valence-corrected chi connectivity index (χ0v) is 21.5. The Balaban J connectivity index is 1.20. The van der Waals surface area contributed by atoms with E-state index in [0.29, 0.717) is 46.2 Å². The number of thioether (sulfide) groups is 1. The molecular formula is C25H22ClN5O3S2. The predicted octanol–water partition coefficient (Wildman–Crippen LogP) is 5.88. The Morgan fingerprint density at radius 1 is 1.28 bits per heavy atom. The van der Waals surface area contributed by atoms with Crippen LogP contribution in [-0.4, -0.2) is 50.5 Å². The first-order valence-corrected chi connectivity index (χ1v) is 13.6. The van der Waals surface area contributed by atoms with Crippen molar-refractivity contribution in [2.24, 2.45) is 0 Å². The number of halogens is 1. The second kappa shape index (κ2) is 10.8. The molecule has 1 aliphatic rings. The number of rotatable bonds is 7. The van der Waals surface area contributed by atoms with Gasteiger partial charge in [0, 0.05) is 41.4 Å². The summed E-state index contributed by atoms with van der Waals surface area (Å²) in [5.74, 6) is 0.492. The van der Waals surface area contributed by atoms with Crippen molar-refractivity contribution < 1.29 is 14.0 Å². The van der Waals surface area contributed by atoms with E-state index in [-0.39, 0.29) is 23.7 Å². The summed E-state index contributed by atoms with van der Waals surface area (Å²) in [6, 6.07) is 8.78. The van der Waals surface area contributed by atoms with E-state index >= 15 is 0 Å². The molecule has 2 amide bonds. The van der Waals surface area contributed by atoms with Crippen LogP contribution in [0.15, 0.2) is 64.0 Å². The smallest absolute Gasteiger partial charge is 0.302 e. The van der Waals surface area contributed by atoms with Gasteiger partial charge in [-0.05, 0) is 43.2 Å². The van der Waals surface area contributed by atoms with Gasteiger partial charge in [0.05, 0.1) is 10.6 Å². The quantitative estimate of drug-likeness (QED) is 0.231. The lowest BCUT2D eigenvalue weighted by molar-refractivity contribution is 0.0708. The summed E-state index contributed by atoms with van der Waals surface area (Å²) >= 11 is 8.94. The van der Waals surface area contributed by atoms with Crippen LogP contribution in [0.3, 0.4) is 0 Å². The van der Waals surface area contributed by atoms with Crippen LogP contribution in [0.1, 0.15) is 44.6 Å².